The van der Waals surface area contributed by atoms with Crippen molar-refractivity contribution in [2.24, 2.45) is 5.41 Å². The second kappa shape index (κ2) is 9.08. The number of amides is 1. The van der Waals surface area contributed by atoms with Gasteiger partial charge in [-0.3, -0.25) is 4.79 Å². The molecule has 1 spiro atoms. The van der Waals surface area contributed by atoms with E-state index in [1.165, 1.54) is 5.56 Å². The van der Waals surface area contributed by atoms with Gasteiger partial charge in [0.1, 0.15) is 11.6 Å². The lowest BCUT2D eigenvalue weighted by molar-refractivity contribution is -0.133. The van der Waals surface area contributed by atoms with Crippen molar-refractivity contribution >= 4 is 5.91 Å². The molecular formula is C23H32N4O2. The minimum atomic E-state index is 0.302. The number of ether oxygens (including phenoxy) is 1. The van der Waals surface area contributed by atoms with E-state index in [0.29, 0.717) is 24.3 Å². The first-order chi connectivity index (χ1) is 14.2. The van der Waals surface area contributed by atoms with E-state index < -0.39 is 0 Å². The smallest absolute Gasteiger partial charge is 0.222 e. The first-order valence-electron chi connectivity index (χ1n) is 10.9. The number of hydrogen-bond acceptors (Lipinski definition) is 4. The van der Waals surface area contributed by atoms with Crippen LogP contribution in [0.15, 0.2) is 30.3 Å². The van der Waals surface area contributed by atoms with Crippen LogP contribution in [-0.4, -0.2) is 52.4 Å². The molecule has 1 aromatic heterocycles. The molecule has 2 aliphatic rings. The number of carbonyl (C=O) groups excluding carboxylic acids is 1. The first-order valence-corrected chi connectivity index (χ1v) is 10.9. The van der Waals surface area contributed by atoms with Crippen molar-refractivity contribution in [3.05, 3.63) is 47.5 Å². The Morgan fingerprint density at radius 3 is 2.55 bits per heavy atom. The standard InChI is InChI=1S/C23H32N4O2/c1-29-18-10-21-25-24-20-9-11-23(14-17-27(20)21)12-15-26(16-13-23)22(28)8-7-19-5-3-2-4-6-19/h2-6H,7-18H2,1H3. The van der Waals surface area contributed by atoms with Gasteiger partial charge in [0.2, 0.25) is 5.91 Å². The number of hydrogen-bond donors (Lipinski definition) is 0. The van der Waals surface area contributed by atoms with E-state index in [2.05, 4.69) is 31.8 Å². The largest absolute Gasteiger partial charge is 0.384 e. The van der Waals surface area contributed by atoms with E-state index in [1.54, 1.807) is 7.11 Å². The zero-order chi connectivity index (χ0) is 20.1. The number of likely N-dealkylation sites (tertiary alicyclic amines) is 1. The highest BCUT2D eigenvalue weighted by Crippen LogP contribution is 2.41. The number of aryl methyl sites for hydroxylation is 2. The first kappa shape index (κ1) is 20.1. The van der Waals surface area contributed by atoms with Crippen molar-refractivity contribution < 1.29 is 9.53 Å². The summed E-state index contributed by atoms with van der Waals surface area (Å²) in [7, 11) is 1.73. The predicted octanol–water partition coefficient (Wildman–Crippen LogP) is 3.04. The summed E-state index contributed by atoms with van der Waals surface area (Å²) < 4.78 is 7.52. The molecule has 29 heavy (non-hydrogen) atoms. The molecule has 1 amide bonds. The van der Waals surface area contributed by atoms with Crippen LogP contribution in [0.1, 0.15) is 49.3 Å². The van der Waals surface area contributed by atoms with Gasteiger partial charge in [0, 0.05) is 46.0 Å². The number of benzene rings is 1. The van der Waals surface area contributed by atoms with Crippen LogP contribution >= 0.6 is 0 Å². The fourth-order valence-corrected chi connectivity index (χ4v) is 4.83. The van der Waals surface area contributed by atoms with Gasteiger partial charge >= 0.3 is 0 Å². The molecule has 2 aromatic rings. The summed E-state index contributed by atoms with van der Waals surface area (Å²) in [5.74, 6) is 2.47. The van der Waals surface area contributed by atoms with E-state index in [-0.39, 0.29) is 0 Å². The number of nitrogens with zero attached hydrogens (tertiary/aromatic N) is 4. The zero-order valence-electron chi connectivity index (χ0n) is 17.5. The van der Waals surface area contributed by atoms with Crippen molar-refractivity contribution in [2.75, 3.05) is 26.8 Å². The summed E-state index contributed by atoms with van der Waals surface area (Å²) in [5.41, 5.74) is 1.58. The monoisotopic (exact) mass is 396 g/mol. The van der Waals surface area contributed by atoms with Crippen molar-refractivity contribution in [2.45, 2.75) is 57.9 Å². The Bertz CT molecular complexity index is 810. The van der Waals surface area contributed by atoms with E-state index in [9.17, 15) is 4.79 Å². The normalized spacial score (nSPS) is 18.4. The summed E-state index contributed by atoms with van der Waals surface area (Å²) in [6.07, 6.45) is 7.78. The molecule has 1 fully saturated rings. The molecular weight excluding hydrogens is 364 g/mol. The topological polar surface area (TPSA) is 60.3 Å². The van der Waals surface area contributed by atoms with Gasteiger partial charge in [0.15, 0.2) is 0 Å². The molecule has 1 aromatic carbocycles. The van der Waals surface area contributed by atoms with Crippen molar-refractivity contribution in [1.82, 2.24) is 19.7 Å². The van der Waals surface area contributed by atoms with E-state index in [1.807, 2.05) is 18.2 Å². The second-order valence-corrected chi connectivity index (χ2v) is 8.54. The highest BCUT2D eigenvalue weighted by molar-refractivity contribution is 5.76. The molecule has 6 nitrogen and oxygen atoms in total. The van der Waals surface area contributed by atoms with Crippen LogP contribution in [0.5, 0.6) is 0 Å². The quantitative estimate of drug-likeness (QED) is 0.753. The minimum absolute atomic E-state index is 0.302. The van der Waals surface area contributed by atoms with Crippen LogP contribution in [0.3, 0.4) is 0 Å². The number of methoxy groups -OCH3 is 1. The van der Waals surface area contributed by atoms with Crippen LogP contribution in [0.25, 0.3) is 0 Å². The number of piperidine rings is 1. The van der Waals surface area contributed by atoms with Gasteiger partial charge < -0.3 is 14.2 Å². The lowest BCUT2D eigenvalue weighted by Crippen LogP contribution is -2.43. The maximum atomic E-state index is 12.7. The number of aromatic nitrogens is 3. The third-order valence-corrected chi connectivity index (χ3v) is 6.83. The van der Waals surface area contributed by atoms with Crippen LogP contribution in [0.4, 0.5) is 0 Å². The van der Waals surface area contributed by atoms with Crippen LogP contribution in [-0.2, 0) is 35.3 Å². The van der Waals surface area contributed by atoms with Crippen LogP contribution in [0.2, 0.25) is 0 Å². The molecule has 3 heterocycles. The fourth-order valence-electron chi connectivity index (χ4n) is 4.83. The molecule has 4 rings (SSSR count). The highest BCUT2D eigenvalue weighted by Gasteiger charge is 2.37. The van der Waals surface area contributed by atoms with Crippen molar-refractivity contribution in [3.8, 4) is 0 Å². The Labute approximate surface area is 173 Å². The molecule has 0 aliphatic carbocycles. The van der Waals surface area contributed by atoms with Crippen molar-refractivity contribution in [3.63, 3.8) is 0 Å². The Hall–Kier alpha value is -2.21. The van der Waals surface area contributed by atoms with Crippen LogP contribution in [0, 0.1) is 5.41 Å². The second-order valence-electron chi connectivity index (χ2n) is 8.54. The summed E-state index contributed by atoms with van der Waals surface area (Å²) in [5, 5.41) is 8.81. The van der Waals surface area contributed by atoms with Gasteiger partial charge in [0.25, 0.3) is 0 Å². The van der Waals surface area contributed by atoms with Gasteiger partial charge in [-0.1, -0.05) is 30.3 Å². The van der Waals surface area contributed by atoms with Gasteiger partial charge in [-0.25, -0.2) is 0 Å². The molecule has 156 valence electrons. The molecule has 6 heteroatoms. The van der Waals surface area contributed by atoms with E-state index >= 15 is 0 Å². The van der Waals surface area contributed by atoms with E-state index in [0.717, 1.165) is 76.2 Å². The molecule has 0 saturated carbocycles. The zero-order valence-corrected chi connectivity index (χ0v) is 17.5. The number of carbonyl (C=O) groups is 1. The van der Waals surface area contributed by atoms with Gasteiger partial charge in [0.05, 0.1) is 6.61 Å². The average Bonchev–Trinajstić information content (AvgIpc) is 3.07. The van der Waals surface area contributed by atoms with Gasteiger partial charge in [-0.05, 0) is 43.1 Å². The average molecular weight is 397 g/mol. The number of rotatable bonds is 6. The summed E-state index contributed by atoms with van der Waals surface area (Å²) in [4.78, 5) is 14.8. The fraction of sp³-hybridized carbons (Fsp3) is 0.609. The predicted molar refractivity (Wildman–Crippen MR) is 112 cm³/mol. The Morgan fingerprint density at radius 2 is 1.79 bits per heavy atom. The highest BCUT2D eigenvalue weighted by atomic mass is 16.5. The van der Waals surface area contributed by atoms with Crippen molar-refractivity contribution in [1.29, 1.82) is 0 Å². The summed E-state index contributed by atoms with van der Waals surface area (Å²) >= 11 is 0. The lowest BCUT2D eigenvalue weighted by Gasteiger charge is -2.41. The molecule has 0 bridgehead atoms. The van der Waals surface area contributed by atoms with Crippen LogP contribution < -0.4 is 0 Å². The van der Waals surface area contributed by atoms with E-state index in [4.69, 9.17) is 4.74 Å². The Morgan fingerprint density at radius 1 is 1.03 bits per heavy atom. The molecule has 0 radical (unpaired) electrons. The summed E-state index contributed by atoms with van der Waals surface area (Å²) in [6.45, 7) is 3.46. The molecule has 0 atom stereocenters. The molecule has 2 aliphatic heterocycles. The summed E-state index contributed by atoms with van der Waals surface area (Å²) in [6, 6.07) is 10.3. The van der Waals surface area contributed by atoms with Gasteiger partial charge in [-0.15, -0.1) is 10.2 Å². The third kappa shape index (κ3) is 4.69. The maximum absolute atomic E-state index is 12.7. The molecule has 1 saturated heterocycles. The third-order valence-electron chi connectivity index (χ3n) is 6.83. The van der Waals surface area contributed by atoms with Gasteiger partial charge in [-0.2, -0.15) is 0 Å². The lowest BCUT2D eigenvalue weighted by atomic mass is 9.72. The molecule has 0 unspecified atom stereocenters. The Kier molecular flexibility index (Phi) is 6.28. The minimum Gasteiger partial charge on any atom is -0.384 e. The maximum Gasteiger partial charge on any atom is 0.222 e. The Balaban J connectivity index is 1.29. The SMILES string of the molecule is COCCc1nnc2n1CCC1(CC2)CCN(C(=O)CCc2ccccc2)CC1. The molecule has 0 N–H and O–H groups in total. The number of fused-ring (bicyclic) bond motifs is 1.